The fourth-order valence-electron chi connectivity index (χ4n) is 3.49. The molecule has 1 saturated heterocycles. The first-order valence-corrected chi connectivity index (χ1v) is 8.71. The first-order valence-electron chi connectivity index (χ1n) is 8.71. The van der Waals surface area contributed by atoms with Gasteiger partial charge in [-0.2, -0.15) is 0 Å². The fraction of sp³-hybridized carbons (Fsp3) is 0.667. The number of amides is 1. The Balaban J connectivity index is 1.48. The summed E-state index contributed by atoms with van der Waals surface area (Å²) in [7, 11) is 1.69. The van der Waals surface area contributed by atoms with Crippen molar-refractivity contribution in [1.82, 2.24) is 9.47 Å². The van der Waals surface area contributed by atoms with Gasteiger partial charge in [0.05, 0.1) is 6.10 Å². The van der Waals surface area contributed by atoms with Gasteiger partial charge in [0.2, 0.25) is 0 Å². The molecule has 126 valence electrons. The second-order valence-corrected chi connectivity index (χ2v) is 6.84. The van der Waals surface area contributed by atoms with Gasteiger partial charge in [0.1, 0.15) is 0 Å². The molecule has 0 unspecified atom stereocenters. The molecule has 0 N–H and O–H groups in total. The third-order valence-corrected chi connectivity index (χ3v) is 5.12. The molecule has 1 saturated carbocycles. The van der Waals surface area contributed by atoms with E-state index in [0.717, 1.165) is 32.5 Å². The van der Waals surface area contributed by atoms with Crippen LogP contribution in [0.4, 0.5) is 0 Å². The molecular formula is C18H26N2O3. The second-order valence-electron chi connectivity index (χ2n) is 6.84. The molecule has 23 heavy (non-hydrogen) atoms. The highest BCUT2D eigenvalue weighted by Crippen LogP contribution is 2.24. The number of pyridine rings is 1. The van der Waals surface area contributed by atoms with Crippen LogP contribution in [0.2, 0.25) is 0 Å². The Labute approximate surface area is 137 Å². The molecule has 0 atom stereocenters. The molecule has 5 heteroatoms. The normalized spacial score (nSPS) is 20.1. The van der Waals surface area contributed by atoms with Crippen LogP contribution in [0.25, 0.3) is 0 Å². The predicted molar refractivity (Wildman–Crippen MR) is 88.5 cm³/mol. The van der Waals surface area contributed by atoms with Gasteiger partial charge < -0.3 is 14.2 Å². The van der Waals surface area contributed by atoms with Gasteiger partial charge in [-0.05, 0) is 37.7 Å². The van der Waals surface area contributed by atoms with Crippen molar-refractivity contribution < 1.29 is 9.53 Å². The van der Waals surface area contributed by atoms with Gasteiger partial charge in [0.15, 0.2) is 0 Å². The highest BCUT2D eigenvalue weighted by atomic mass is 16.5. The van der Waals surface area contributed by atoms with Crippen LogP contribution in [0, 0.1) is 5.92 Å². The summed E-state index contributed by atoms with van der Waals surface area (Å²) in [6.07, 6.45) is 9.11. The minimum absolute atomic E-state index is 0.0298. The molecule has 0 radical (unpaired) electrons. The highest BCUT2D eigenvalue weighted by molar-refractivity contribution is 5.94. The van der Waals surface area contributed by atoms with Crippen molar-refractivity contribution in [1.29, 1.82) is 0 Å². The lowest BCUT2D eigenvalue weighted by atomic mass is 9.97. The van der Waals surface area contributed by atoms with E-state index < -0.39 is 0 Å². The van der Waals surface area contributed by atoms with Crippen molar-refractivity contribution in [3.8, 4) is 0 Å². The van der Waals surface area contributed by atoms with E-state index in [0.29, 0.717) is 17.6 Å². The number of piperidine rings is 1. The molecule has 2 fully saturated rings. The largest absolute Gasteiger partial charge is 0.378 e. The van der Waals surface area contributed by atoms with E-state index in [-0.39, 0.29) is 11.5 Å². The molecule has 2 heterocycles. The zero-order valence-electron chi connectivity index (χ0n) is 13.9. The Kier molecular flexibility index (Phi) is 5.16. The molecule has 1 aliphatic heterocycles. The van der Waals surface area contributed by atoms with Crippen LogP contribution in [-0.2, 0) is 11.8 Å². The highest BCUT2D eigenvalue weighted by Gasteiger charge is 2.25. The number of aryl methyl sites for hydroxylation is 1. The molecule has 1 aromatic rings. The lowest BCUT2D eigenvalue weighted by Crippen LogP contribution is -2.40. The van der Waals surface area contributed by atoms with Gasteiger partial charge in [0.25, 0.3) is 11.5 Å². The molecule has 5 nitrogen and oxygen atoms in total. The van der Waals surface area contributed by atoms with E-state index in [2.05, 4.69) is 0 Å². The number of hydrogen-bond acceptors (Lipinski definition) is 3. The van der Waals surface area contributed by atoms with Crippen LogP contribution in [0.5, 0.6) is 0 Å². The standard InChI is InChI=1S/C18H26N2O3/c1-19-9-8-15(12-17(19)21)18(22)20-10-6-14(7-11-20)13-23-16-4-2-3-5-16/h8-9,12,14,16H,2-7,10-11,13H2,1H3. The van der Waals surface area contributed by atoms with Crippen LogP contribution in [0.1, 0.15) is 48.9 Å². The molecule has 3 rings (SSSR count). The summed E-state index contributed by atoms with van der Waals surface area (Å²) in [5, 5.41) is 0. The van der Waals surface area contributed by atoms with Crippen molar-refractivity contribution in [2.45, 2.75) is 44.6 Å². The minimum Gasteiger partial charge on any atom is -0.378 e. The zero-order valence-corrected chi connectivity index (χ0v) is 13.9. The number of nitrogens with zero attached hydrogens (tertiary/aromatic N) is 2. The second kappa shape index (κ2) is 7.30. The van der Waals surface area contributed by atoms with Crippen molar-refractivity contribution in [3.63, 3.8) is 0 Å². The molecule has 1 aliphatic carbocycles. The van der Waals surface area contributed by atoms with E-state index in [1.807, 2.05) is 4.90 Å². The van der Waals surface area contributed by atoms with Crippen LogP contribution in [0.3, 0.4) is 0 Å². The van der Waals surface area contributed by atoms with Crippen molar-refractivity contribution in [2.24, 2.45) is 13.0 Å². The SMILES string of the molecule is Cn1ccc(C(=O)N2CCC(COC3CCCC3)CC2)cc1=O. The van der Waals surface area contributed by atoms with Crippen molar-refractivity contribution >= 4 is 5.91 Å². The average Bonchev–Trinajstić information content (AvgIpc) is 3.09. The number of carbonyl (C=O) groups excluding carboxylic acids is 1. The number of rotatable bonds is 4. The summed E-state index contributed by atoms with van der Waals surface area (Å²) < 4.78 is 7.48. The monoisotopic (exact) mass is 318 g/mol. The first kappa shape index (κ1) is 16.2. The van der Waals surface area contributed by atoms with Crippen LogP contribution < -0.4 is 5.56 Å². The number of aromatic nitrogens is 1. The smallest absolute Gasteiger partial charge is 0.254 e. The van der Waals surface area contributed by atoms with Gasteiger partial charge in [-0.1, -0.05) is 12.8 Å². The summed E-state index contributed by atoms with van der Waals surface area (Å²) in [6.45, 7) is 2.35. The summed E-state index contributed by atoms with van der Waals surface area (Å²) in [4.78, 5) is 26.0. The van der Waals surface area contributed by atoms with Crippen molar-refractivity contribution in [2.75, 3.05) is 19.7 Å². The van der Waals surface area contributed by atoms with Gasteiger partial charge in [-0.3, -0.25) is 9.59 Å². The van der Waals surface area contributed by atoms with Gasteiger partial charge in [0, 0.05) is 44.6 Å². The number of ether oxygens (including phenoxy) is 1. The van der Waals surface area contributed by atoms with E-state index in [1.54, 1.807) is 19.3 Å². The van der Waals surface area contributed by atoms with E-state index in [9.17, 15) is 9.59 Å². The number of likely N-dealkylation sites (tertiary alicyclic amines) is 1. The molecule has 1 aromatic heterocycles. The van der Waals surface area contributed by atoms with Crippen LogP contribution in [-0.4, -0.2) is 41.2 Å². The number of hydrogen-bond donors (Lipinski definition) is 0. The third kappa shape index (κ3) is 4.02. The molecule has 2 aliphatic rings. The first-order chi connectivity index (χ1) is 11.1. The van der Waals surface area contributed by atoms with Crippen LogP contribution >= 0.6 is 0 Å². The summed E-state index contributed by atoms with van der Waals surface area (Å²) in [5.74, 6) is 0.529. The fourth-order valence-corrected chi connectivity index (χ4v) is 3.49. The lowest BCUT2D eigenvalue weighted by Gasteiger charge is -2.32. The van der Waals surface area contributed by atoms with E-state index in [1.165, 1.54) is 36.3 Å². The Morgan fingerprint density at radius 3 is 2.57 bits per heavy atom. The Bertz CT molecular complexity index is 597. The van der Waals surface area contributed by atoms with E-state index in [4.69, 9.17) is 4.74 Å². The maximum Gasteiger partial charge on any atom is 0.254 e. The minimum atomic E-state index is -0.143. The zero-order chi connectivity index (χ0) is 16.2. The number of carbonyl (C=O) groups is 1. The maximum absolute atomic E-state index is 12.5. The molecule has 1 amide bonds. The Hall–Kier alpha value is -1.62. The molecule has 0 spiro atoms. The molecule has 0 bridgehead atoms. The maximum atomic E-state index is 12.5. The lowest BCUT2D eigenvalue weighted by molar-refractivity contribution is 0.0160. The third-order valence-electron chi connectivity index (χ3n) is 5.12. The predicted octanol–water partition coefficient (Wildman–Crippen LogP) is 2.20. The quantitative estimate of drug-likeness (QED) is 0.855. The topological polar surface area (TPSA) is 51.5 Å². The van der Waals surface area contributed by atoms with Crippen molar-refractivity contribution in [3.05, 3.63) is 34.2 Å². The van der Waals surface area contributed by atoms with Gasteiger partial charge in [-0.25, -0.2) is 0 Å². The summed E-state index contributed by atoms with van der Waals surface area (Å²) in [5.41, 5.74) is 0.351. The summed E-state index contributed by atoms with van der Waals surface area (Å²) in [6, 6.07) is 3.15. The van der Waals surface area contributed by atoms with Gasteiger partial charge >= 0.3 is 0 Å². The van der Waals surface area contributed by atoms with E-state index >= 15 is 0 Å². The van der Waals surface area contributed by atoms with Gasteiger partial charge in [-0.15, -0.1) is 0 Å². The Morgan fingerprint density at radius 1 is 1.22 bits per heavy atom. The molecular weight excluding hydrogens is 292 g/mol. The average molecular weight is 318 g/mol. The van der Waals surface area contributed by atoms with Crippen LogP contribution in [0.15, 0.2) is 23.1 Å². The Morgan fingerprint density at radius 2 is 1.91 bits per heavy atom. The molecule has 0 aromatic carbocycles. The summed E-state index contributed by atoms with van der Waals surface area (Å²) >= 11 is 0.